The number of carbonyl (C=O) groups is 1. The van der Waals surface area contributed by atoms with Crippen LogP contribution in [0.5, 0.6) is 0 Å². The number of piperidine rings is 1. The van der Waals surface area contributed by atoms with Gasteiger partial charge in [0.15, 0.2) is 0 Å². The van der Waals surface area contributed by atoms with Crippen molar-refractivity contribution in [1.82, 2.24) is 10.2 Å². The molecule has 0 bridgehead atoms. The first-order chi connectivity index (χ1) is 14.8. The normalized spacial score (nSPS) is 22.0. The standard InChI is InChI=1S/C23H23Cl2F3N2O.ClH/c24-17-12-11-16(23(26,27)28)20(25)19(17)22(31)29-21(14-6-2-1-3-7-14)18-10-4-8-15-9-5-13-30(15)18;/h1-3,6-7,11-12,15,18,21H,4-5,8-10,13H2,(H,29,31);1H. The van der Waals surface area contributed by atoms with Gasteiger partial charge in [0.1, 0.15) is 0 Å². The van der Waals surface area contributed by atoms with Gasteiger partial charge < -0.3 is 5.32 Å². The molecule has 0 aliphatic carbocycles. The molecule has 3 unspecified atom stereocenters. The van der Waals surface area contributed by atoms with Gasteiger partial charge in [0.05, 0.1) is 27.2 Å². The Bertz CT molecular complexity index is 955. The molecular formula is C23H24Cl3F3N2O. The quantitative estimate of drug-likeness (QED) is 0.487. The molecule has 4 rings (SSSR count). The van der Waals surface area contributed by atoms with Crippen LogP contribution in [0.1, 0.15) is 59.6 Å². The molecule has 2 heterocycles. The average molecular weight is 508 g/mol. The van der Waals surface area contributed by atoms with Gasteiger partial charge >= 0.3 is 6.18 Å². The van der Waals surface area contributed by atoms with Crippen molar-refractivity contribution in [1.29, 1.82) is 0 Å². The van der Waals surface area contributed by atoms with Gasteiger partial charge in [-0.1, -0.05) is 60.0 Å². The number of rotatable bonds is 4. The number of amides is 1. The Kier molecular flexibility index (Phi) is 8.02. The lowest BCUT2D eigenvalue weighted by Crippen LogP contribution is -2.50. The first-order valence-electron chi connectivity index (χ1n) is 10.4. The van der Waals surface area contributed by atoms with Crippen LogP contribution in [0, 0.1) is 0 Å². The second kappa shape index (κ2) is 10.2. The van der Waals surface area contributed by atoms with Crippen molar-refractivity contribution in [3.8, 4) is 0 Å². The predicted octanol–water partition coefficient (Wildman–Crippen LogP) is 6.92. The molecule has 2 saturated heterocycles. The molecule has 0 saturated carbocycles. The number of hydrogen-bond acceptors (Lipinski definition) is 2. The number of hydrogen-bond donors (Lipinski definition) is 1. The van der Waals surface area contributed by atoms with Crippen LogP contribution in [0.3, 0.4) is 0 Å². The molecule has 2 aromatic carbocycles. The van der Waals surface area contributed by atoms with Crippen molar-refractivity contribution in [3.63, 3.8) is 0 Å². The van der Waals surface area contributed by atoms with Crippen molar-refractivity contribution < 1.29 is 18.0 Å². The summed E-state index contributed by atoms with van der Waals surface area (Å²) in [6.45, 7) is 0.958. The summed E-state index contributed by atoms with van der Waals surface area (Å²) >= 11 is 12.2. The Morgan fingerprint density at radius 2 is 1.72 bits per heavy atom. The van der Waals surface area contributed by atoms with Crippen molar-refractivity contribution in [3.05, 3.63) is 69.2 Å². The van der Waals surface area contributed by atoms with Crippen LogP contribution in [-0.4, -0.2) is 29.4 Å². The third kappa shape index (κ3) is 5.04. The highest BCUT2D eigenvalue weighted by Crippen LogP contribution is 2.40. The van der Waals surface area contributed by atoms with Gasteiger partial charge in [-0.2, -0.15) is 13.2 Å². The fourth-order valence-electron chi connectivity index (χ4n) is 4.95. The Morgan fingerprint density at radius 3 is 2.41 bits per heavy atom. The molecule has 0 aromatic heterocycles. The Morgan fingerprint density at radius 1 is 1.03 bits per heavy atom. The van der Waals surface area contributed by atoms with Gasteiger partial charge in [-0.25, -0.2) is 0 Å². The minimum absolute atomic E-state index is 0. The number of nitrogens with zero attached hydrogens (tertiary/aromatic N) is 1. The molecule has 2 aliphatic heterocycles. The molecule has 1 N–H and O–H groups in total. The van der Waals surface area contributed by atoms with E-state index < -0.39 is 22.7 Å². The molecule has 2 aliphatic rings. The Hall–Kier alpha value is -1.47. The number of fused-ring (bicyclic) bond motifs is 1. The van der Waals surface area contributed by atoms with Crippen molar-refractivity contribution >= 4 is 41.5 Å². The fraction of sp³-hybridized carbons (Fsp3) is 0.435. The summed E-state index contributed by atoms with van der Waals surface area (Å²) in [6, 6.07) is 11.6. The maximum absolute atomic E-state index is 13.3. The van der Waals surface area contributed by atoms with Crippen LogP contribution in [0.15, 0.2) is 42.5 Å². The van der Waals surface area contributed by atoms with E-state index in [0.717, 1.165) is 56.3 Å². The molecule has 2 fully saturated rings. The molecule has 9 heteroatoms. The number of alkyl halides is 3. The summed E-state index contributed by atoms with van der Waals surface area (Å²) in [7, 11) is 0. The second-order valence-electron chi connectivity index (χ2n) is 8.18. The summed E-state index contributed by atoms with van der Waals surface area (Å²) in [4.78, 5) is 15.7. The zero-order chi connectivity index (χ0) is 22.2. The lowest BCUT2D eigenvalue weighted by atomic mass is 9.88. The van der Waals surface area contributed by atoms with Crippen molar-refractivity contribution in [2.24, 2.45) is 0 Å². The molecule has 3 atom stereocenters. The summed E-state index contributed by atoms with van der Waals surface area (Å²) in [5, 5.41) is 2.19. The fourth-order valence-corrected chi connectivity index (χ4v) is 5.60. The SMILES string of the molecule is Cl.O=C(NC(c1ccccc1)C1CCCC2CCCN21)c1c(Cl)ccc(C(F)(F)F)c1Cl. The minimum atomic E-state index is -4.68. The third-order valence-corrected chi connectivity index (χ3v) is 7.05. The van der Waals surface area contributed by atoms with Gasteiger partial charge in [0.2, 0.25) is 0 Å². The average Bonchev–Trinajstić information content (AvgIpc) is 3.21. The summed E-state index contributed by atoms with van der Waals surface area (Å²) in [5.41, 5.74) is -0.502. The molecular weight excluding hydrogens is 484 g/mol. The molecule has 1 amide bonds. The Balaban J connectivity index is 0.00000289. The lowest BCUT2D eigenvalue weighted by Gasteiger charge is -2.42. The number of carbonyl (C=O) groups excluding carboxylic acids is 1. The molecule has 32 heavy (non-hydrogen) atoms. The van der Waals surface area contributed by atoms with E-state index >= 15 is 0 Å². The van der Waals surface area contributed by atoms with E-state index in [9.17, 15) is 18.0 Å². The van der Waals surface area contributed by atoms with Crippen LogP contribution in [0.4, 0.5) is 13.2 Å². The second-order valence-corrected chi connectivity index (χ2v) is 8.96. The van der Waals surface area contributed by atoms with Crippen molar-refractivity contribution in [2.75, 3.05) is 6.54 Å². The van der Waals surface area contributed by atoms with E-state index in [0.29, 0.717) is 6.04 Å². The zero-order valence-corrected chi connectivity index (χ0v) is 19.5. The summed E-state index contributed by atoms with van der Waals surface area (Å²) in [5.74, 6) is -0.698. The van der Waals surface area contributed by atoms with Crippen LogP contribution in [0.25, 0.3) is 0 Å². The topological polar surface area (TPSA) is 32.3 Å². The first-order valence-corrected chi connectivity index (χ1v) is 11.2. The highest BCUT2D eigenvalue weighted by atomic mass is 35.5. The molecule has 2 aromatic rings. The van der Waals surface area contributed by atoms with E-state index in [-0.39, 0.29) is 35.1 Å². The van der Waals surface area contributed by atoms with Crippen LogP contribution in [0.2, 0.25) is 10.0 Å². The third-order valence-electron chi connectivity index (χ3n) is 6.34. The molecule has 174 valence electrons. The monoisotopic (exact) mass is 506 g/mol. The lowest BCUT2D eigenvalue weighted by molar-refractivity contribution is -0.137. The van der Waals surface area contributed by atoms with E-state index in [1.807, 2.05) is 30.3 Å². The Labute approximate surface area is 201 Å². The highest BCUT2D eigenvalue weighted by molar-refractivity contribution is 6.40. The summed E-state index contributed by atoms with van der Waals surface area (Å²) < 4.78 is 40.0. The molecule has 0 radical (unpaired) electrons. The van der Waals surface area contributed by atoms with E-state index in [2.05, 4.69) is 10.2 Å². The largest absolute Gasteiger partial charge is 0.417 e. The van der Waals surface area contributed by atoms with E-state index in [1.165, 1.54) is 0 Å². The van der Waals surface area contributed by atoms with Gasteiger partial charge in [-0.3, -0.25) is 9.69 Å². The predicted molar refractivity (Wildman–Crippen MR) is 123 cm³/mol. The minimum Gasteiger partial charge on any atom is -0.344 e. The van der Waals surface area contributed by atoms with Gasteiger partial charge in [-0.15, -0.1) is 12.4 Å². The van der Waals surface area contributed by atoms with Crippen LogP contribution >= 0.6 is 35.6 Å². The number of benzene rings is 2. The van der Waals surface area contributed by atoms with Gasteiger partial charge in [-0.05, 0) is 49.9 Å². The van der Waals surface area contributed by atoms with Crippen LogP contribution in [-0.2, 0) is 6.18 Å². The van der Waals surface area contributed by atoms with Crippen molar-refractivity contribution in [2.45, 2.75) is 56.4 Å². The van der Waals surface area contributed by atoms with Gasteiger partial charge in [0.25, 0.3) is 5.91 Å². The zero-order valence-electron chi connectivity index (χ0n) is 17.2. The number of nitrogens with one attached hydrogen (secondary N) is 1. The summed E-state index contributed by atoms with van der Waals surface area (Å²) in [6.07, 6.45) is 0.661. The van der Waals surface area contributed by atoms with E-state index in [1.54, 1.807) is 0 Å². The van der Waals surface area contributed by atoms with Crippen LogP contribution < -0.4 is 5.32 Å². The maximum Gasteiger partial charge on any atom is 0.417 e. The first kappa shape index (κ1) is 25.2. The molecule has 0 spiro atoms. The van der Waals surface area contributed by atoms with E-state index in [4.69, 9.17) is 23.2 Å². The molecule has 3 nitrogen and oxygen atoms in total. The number of halogens is 6. The smallest absolute Gasteiger partial charge is 0.344 e. The maximum atomic E-state index is 13.3. The van der Waals surface area contributed by atoms with Gasteiger partial charge in [0, 0.05) is 12.1 Å². The highest BCUT2D eigenvalue weighted by Gasteiger charge is 2.40.